The van der Waals surface area contributed by atoms with Crippen LogP contribution in [0, 0.1) is 0 Å². The lowest BCUT2D eigenvalue weighted by Gasteiger charge is -2.10. The van der Waals surface area contributed by atoms with Gasteiger partial charge >= 0.3 is 5.97 Å². The summed E-state index contributed by atoms with van der Waals surface area (Å²) in [5, 5.41) is 2.63. The number of carbonyl (C=O) groups is 2. The Morgan fingerprint density at radius 2 is 1.95 bits per heavy atom. The molecule has 0 bridgehead atoms. The van der Waals surface area contributed by atoms with Gasteiger partial charge in [-0.1, -0.05) is 12.1 Å². The Morgan fingerprint density at radius 1 is 1.23 bits per heavy atom. The van der Waals surface area contributed by atoms with Crippen LogP contribution in [-0.4, -0.2) is 38.7 Å². The highest BCUT2D eigenvalue weighted by Crippen LogP contribution is 2.31. The third-order valence-electron chi connectivity index (χ3n) is 2.63. The Kier molecular flexibility index (Phi) is 6.95. The molecule has 0 aliphatic rings. The van der Waals surface area contributed by atoms with Crippen LogP contribution in [0.2, 0.25) is 0 Å². The van der Waals surface area contributed by atoms with Gasteiger partial charge < -0.3 is 19.5 Å². The van der Waals surface area contributed by atoms with E-state index < -0.39 is 5.97 Å². The van der Waals surface area contributed by atoms with Crippen molar-refractivity contribution in [2.24, 2.45) is 0 Å². The van der Waals surface area contributed by atoms with E-state index in [2.05, 4.69) is 5.32 Å². The highest BCUT2D eigenvalue weighted by atomic mass is 16.5. The van der Waals surface area contributed by atoms with E-state index in [4.69, 9.17) is 14.2 Å². The summed E-state index contributed by atoms with van der Waals surface area (Å²) in [5.41, 5.74) is 0.672. The van der Waals surface area contributed by atoms with E-state index in [9.17, 15) is 9.59 Å². The van der Waals surface area contributed by atoms with Crippen LogP contribution in [0.4, 0.5) is 0 Å². The fourth-order valence-corrected chi connectivity index (χ4v) is 1.75. The van der Waals surface area contributed by atoms with E-state index in [-0.39, 0.29) is 18.6 Å². The van der Waals surface area contributed by atoms with Crippen molar-refractivity contribution in [3.8, 4) is 11.5 Å². The van der Waals surface area contributed by atoms with E-state index in [1.807, 2.05) is 13.8 Å². The zero-order valence-electron chi connectivity index (χ0n) is 13.2. The van der Waals surface area contributed by atoms with Gasteiger partial charge in [-0.05, 0) is 26.0 Å². The highest BCUT2D eigenvalue weighted by Gasteiger charge is 2.09. The van der Waals surface area contributed by atoms with Crippen LogP contribution in [0.25, 0.3) is 6.08 Å². The monoisotopic (exact) mass is 307 g/mol. The number of nitrogens with one attached hydrogen (secondary N) is 1. The normalized spacial score (nSPS) is 10.6. The summed E-state index contributed by atoms with van der Waals surface area (Å²) in [6.07, 6.45) is 2.78. The number of methoxy groups -OCH3 is 2. The molecule has 6 heteroatoms. The lowest BCUT2D eigenvalue weighted by Crippen LogP contribution is -2.33. The molecular weight excluding hydrogens is 286 g/mol. The number of hydrogen-bond donors (Lipinski definition) is 1. The quantitative estimate of drug-likeness (QED) is 0.614. The zero-order chi connectivity index (χ0) is 16.5. The Hall–Kier alpha value is -2.50. The van der Waals surface area contributed by atoms with Crippen molar-refractivity contribution in [1.82, 2.24) is 5.32 Å². The van der Waals surface area contributed by atoms with Gasteiger partial charge in [0.15, 0.2) is 18.1 Å². The average Bonchev–Trinajstić information content (AvgIpc) is 2.49. The molecule has 120 valence electrons. The van der Waals surface area contributed by atoms with Gasteiger partial charge in [0.05, 0.1) is 14.2 Å². The Bertz CT molecular complexity index is 551. The third-order valence-corrected chi connectivity index (χ3v) is 2.63. The minimum atomic E-state index is -0.608. The van der Waals surface area contributed by atoms with Gasteiger partial charge in [-0.25, -0.2) is 4.79 Å². The maximum absolute atomic E-state index is 11.6. The van der Waals surface area contributed by atoms with Crippen LogP contribution in [-0.2, 0) is 14.3 Å². The van der Waals surface area contributed by atoms with Crippen LogP contribution in [0.1, 0.15) is 19.4 Å². The van der Waals surface area contributed by atoms with E-state index in [1.54, 1.807) is 24.3 Å². The van der Waals surface area contributed by atoms with E-state index in [0.29, 0.717) is 17.1 Å². The predicted molar refractivity (Wildman–Crippen MR) is 82.8 cm³/mol. The second kappa shape index (κ2) is 8.71. The van der Waals surface area contributed by atoms with Crippen LogP contribution in [0.15, 0.2) is 24.3 Å². The minimum Gasteiger partial charge on any atom is -0.493 e. The highest BCUT2D eigenvalue weighted by molar-refractivity contribution is 5.89. The van der Waals surface area contributed by atoms with Crippen LogP contribution in [0.3, 0.4) is 0 Å². The summed E-state index contributed by atoms with van der Waals surface area (Å²) in [6.45, 7) is 3.35. The van der Waals surface area contributed by atoms with Crippen molar-refractivity contribution < 1.29 is 23.8 Å². The molecule has 1 N–H and O–H groups in total. The molecule has 1 aromatic rings. The summed E-state index contributed by atoms with van der Waals surface area (Å²) in [4.78, 5) is 23.0. The first-order valence-corrected chi connectivity index (χ1v) is 6.83. The number of para-hydroxylation sites is 1. The van der Waals surface area contributed by atoms with Gasteiger partial charge in [0, 0.05) is 17.7 Å². The van der Waals surface area contributed by atoms with Gasteiger partial charge in [-0.2, -0.15) is 0 Å². The maximum atomic E-state index is 11.6. The van der Waals surface area contributed by atoms with Crippen LogP contribution >= 0.6 is 0 Å². The number of esters is 1. The molecule has 22 heavy (non-hydrogen) atoms. The number of amides is 1. The van der Waals surface area contributed by atoms with E-state index >= 15 is 0 Å². The molecule has 0 aromatic heterocycles. The molecule has 6 nitrogen and oxygen atoms in total. The first-order chi connectivity index (χ1) is 10.5. The standard InChI is InChI=1S/C16H21NO5/c1-11(2)17-14(18)10-22-15(19)9-8-12-6-5-7-13(20-3)16(12)21-4/h5-9,11H,10H2,1-4H3,(H,17,18)/b9-8+. The topological polar surface area (TPSA) is 73.9 Å². The largest absolute Gasteiger partial charge is 0.493 e. The van der Waals surface area contributed by atoms with Gasteiger partial charge in [0.25, 0.3) is 5.91 Å². The fraction of sp³-hybridized carbons (Fsp3) is 0.375. The van der Waals surface area contributed by atoms with Gasteiger partial charge in [-0.15, -0.1) is 0 Å². The number of hydrogen-bond acceptors (Lipinski definition) is 5. The smallest absolute Gasteiger partial charge is 0.331 e. The van der Waals surface area contributed by atoms with Gasteiger partial charge in [0.1, 0.15) is 0 Å². The summed E-state index contributed by atoms with van der Waals surface area (Å²) >= 11 is 0. The lowest BCUT2D eigenvalue weighted by atomic mass is 10.1. The van der Waals surface area contributed by atoms with Crippen molar-refractivity contribution in [3.05, 3.63) is 29.8 Å². The lowest BCUT2D eigenvalue weighted by molar-refractivity contribution is -0.143. The molecule has 0 heterocycles. The molecule has 0 aliphatic carbocycles. The summed E-state index contributed by atoms with van der Waals surface area (Å²) in [6, 6.07) is 5.31. The van der Waals surface area contributed by atoms with Crippen molar-refractivity contribution in [3.63, 3.8) is 0 Å². The number of carbonyl (C=O) groups excluding carboxylic acids is 2. The molecule has 0 saturated carbocycles. The van der Waals surface area contributed by atoms with Crippen molar-refractivity contribution in [2.75, 3.05) is 20.8 Å². The van der Waals surface area contributed by atoms with Crippen molar-refractivity contribution >= 4 is 18.0 Å². The summed E-state index contributed by atoms with van der Waals surface area (Å²) in [5.74, 6) is 0.139. The summed E-state index contributed by atoms with van der Waals surface area (Å²) in [7, 11) is 3.05. The van der Waals surface area contributed by atoms with Crippen LogP contribution in [0.5, 0.6) is 11.5 Å². The molecule has 1 rings (SSSR count). The molecule has 0 atom stereocenters. The summed E-state index contributed by atoms with van der Waals surface area (Å²) < 4.78 is 15.3. The molecule has 0 fully saturated rings. The van der Waals surface area contributed by atoms with E-state index in [1.165, 1.54) is 20.3 Å². The maximum Gasteiger partial charge on any atom is 0.331 e. The molecular formula is C16H21NO5. The molecule has 0 unspecified atom stereocenters. The van der Waals surface area contributed by atoms with Crippen molar-refractivity contribution in [2.45, 2.75) is 19.9 Å². The predicted octanol–water partition coefficient (Wildman–Crippen LogP) is 1.78. The molecule has 0 spiro atoms. The van der Waals surface area contributed by atoms with Crippen molar-refractivity contribution in [1.29, 1.82) is 0 Å². The van der Waals surface area contributed by atoms with Crippen LogP contribution < -0.4 is 14.8 Å². The minimum absolute atomic E-state index is 0.00258. The Balaban J connectivity index is 2.65. The molecule has 1 amide bonds. The molecule has 1 aromatic carbocycles. The average molecular weight is 307 g/mol. The number of ether oxygens (including phenoxy) is 3. The third kappa shape index (κ3) is 5.47. The van der Waals surface area contributed by atoms with E-state index in [0.717, 1.165) is 0 Å². The Morgan fingerprint density at radius 3 is 2.55 bits per heavy atom. The molecule has 0 saturated heterocycles. The zero-order valence-corrected chi connectivity index (χ0v) is 13.2. The van der Waals surface area contributed by atoms with Gasteiger partial charge in [-0.3, -0.25) is 4.79 Å². The number of rotatable bonds is 7. The second-order valence-corrected chi connectivity index (χ2v) is 4.75. The van der Waals surface area contributed by atoms with Gasteiger partial charge in [0.2, 0.25) is 0 Å². The first kappa shape index (κ1) is 17.6. The molecule has 0 radical (unpaired) electrons. The Labute approximate surface area is 130 Å². The number of benzene rings is 1. The molecule has 0 aliphatic heterocycles. The first-order valence-electron chi connectivity index (χ1n) is 6.83. The SMILES string of the molecule is COc1cccc(/C=C/C(=O)OCC(=O)NC(C)C)c1OC. The second-order valence-electron chi connectivity index (χ2n) is 4.75. The fourth-order valence-electron chi connectivity index (χ4n) is 1.75.